The zero-order chi connectivity index (χ0) is 17.1. The molecule has 1 atom stereocenters. The van der Waals surface area contributed by atoms with Gasteiger partial charge in [0.1, 0.15) is 5.76 Å². The highest BCUT2D eigenvalue weighted by molar-refractivity contribution is 6.14. The number of ketones is 1. The second-order valence-electron chi connectivity index (χ2n) is 5.25. The Bertz CT molecular complexity index is 807. The van der Waals surface area contributed by atoms with Gasteiger partial charge in [-0.15, -0.1) is 0 Å². The average Bonchev–Trinajstić information content (AvgIpc) is 3.21. The number of allylic oxidation sites excluding steroid dienone is 1. The predicted octanol–water partition coefficient (Wildman–Crippen LogP) is 2.67. The number of aromatic nitrogens is 1. The molecule has 1 amide bonds. The Balaban J connectivity index is 1.99. The highest BCUT2D eigenvalue weighted by atomic mass is 16.3. The highest BCUT2D eigenvalue weighted by Crippen LogP contribution is 2.37. The maximum Gasteiger partial charge on any atom is 0.290 e. The van der Waals surface area contributed by atoms with E-state index >= 15 is 0 Å². The third kappa shape index (κ3) is 2.74. The molecular weight excluding hydrogens is 308 g/mol. The molecule has 0 saturated carbocycles. The summed E-state index contributed by atoms with van der Waals surface area (Å²) in [5, 5.41) is 10.2. The molecule has 6 nitrogen and oxygen atoms in total. The minimum Gasteiger partial charge on any atom is -0.503 e. The molecule has 0 bridgehead atoms. The molecule has 122 valence electrons. The minimum atomic E-state index is -0.626. The Hall–Kier alpha value is -3.15. The molecule has 2 aromatic heterocycles. The Morgan fingerprint density at radius 3 is 2.75 bits per heavy atom. The first-order valence-corrected chi connectivity index (χ1v) is 7.53. The van der Waals surface area contributed by atoms with Crippen molar-refractivity contribution in [1.29, 1.82) is 0 Å². The summed E-state index contributed by atoms with van der Waals surface area (Å²) in [6.45, 7) is 2.17. The summed E-state index contributed by atoms with van der Waals surface area (Å²) in [4.78, 5) is 30.3. The number of carbonyl (C=O) groups is 2. The van der Waals surface area contributed by atoms with Crippen LogP contribution in [0.3, 0.4) is 0 Å². The van der Waals surface area contributed by atoms with Crippen LogP contribution in [0.1, 0.15) is 24.3 Å². The van der Waals surface area contributed by atoms with Crippen LogP contribution in [0.2, 0.25) is 0 Å². The van der Waals surface area contributed by atoms with Gasteiger partial charge in [-0.1, -0.05) is 0 Å². The lowest BCUT2D eigenvalue weighted by Crippen LogP contribution is -2.30. The Morgan fingerprint density at radius 2 is 2.12 bits per heavy atom. The maximum absolute atomic E-state index is 12.6. The quantitative estimate of drug-likeness (QED) is 0.855. The van der Waals surface area contributed by atoms with Gasteiger partial charge in [0.15, 0.2) is 11.5 Å². The van der Waals surface area contributed by atoms with Crippen LogP contribution in [-0.4, -0.2) is 33.2 Å². The van der Waals surface area contributed by atoms with Crippen molar-refractivity contribution < 1.29 is 19.1 Å². The van der Waals surface area contributed by atoms with E-state index in [1.54, 1.807) is 43.6 Å². The Kier molecular flexibility index (Phi) is 4.29. The van der Waals surface area contributed by atoms with Crippen LogP contribution in [0, 0.1) is 0 Å². The second kappa shape index (κ2) is 6.54. The zero-order valence-electron chi connectivity index (χ0n) is 13.0. The number of furan rings is 1. The summed E-state index contributed by atoms with van der Waals surface area (Å²) >= 11 is 0. The maximum atomic E-state index is 12.6. The van der Waals surface area contributed by atoms with Crippen molar-refractivity contribution in [2.75, 3.05) is 6.54 Å². The van der Waals surface area contributed by atoms with Gasteiger partial charge in [0.25, 0.3) is 5.91 Å². The van der Waals surface area contributed by atoms with Gasteiger partial charge in [-0.05, 0) is 48.9 Å². The van der Waals surface area contributed by atoms with Crippen molar-refractivity contribution in [3.63, 3.8) is 0 Å². The summed E-state index contributed by atoms with van der Waals surface area (Å²) < 4.78 is 5.15. The molecule has 0 radical (unpaired) electrons. The van der Waals surface area contributed by atoms with Gasteiger partial charge in [-0.3, -0.25) is 14.6 Å². The van der Waals surface area contributed by atoms with Gasteiger partial charge >= 0.3 is 0 Å². The van der Waals surface area contributed by atoms with Crippen molar-refractivity contribution in [3.05, 3.63) is 71.7 Å². The van der Waals surface area contributed by atoms with Crippen molar-refractivity contribution in [2.24, 2.45) is 0 Å². The normalized spacial score (nSPS) is 18.0. The van der Waals surface area contributed by atoms with E-state index in [2.05, 4.69) is 4.98 Å². The van der Waals surface area contributed by atoms with Gasteiger partial charge in [0, 0.05) is 18.9 Å². The smallest absolute Gasteiger partial charge is 0.290 e. The lowest BCUT2D eigenvalue weighted by Gasteiger charge is -2.24. The average molecular weight is 324 g/mol. The summed E-state index contributed by atoms with van der Waals surface area (Å²) in [6, 6.07) is 6.24. The summed E-state index contributed by atoms with van der Waals surface area (Å²) in [5.74, 6) is -0.975. The molecule has 0 spiro atoms. The van der Waals surface area contributed by atoms with Crippen LogP contribution < -0.4 is 0 Å². The van der Waals surface area contributed by atoms with Gasteiger partial charge in [0.2, 0.25) is 0 Å². The number of nitrogens with zero attached hydrogens (tertiary/aromatic N) is 2. The third-order valence-electron chi connectivity index (χ3n) is 3.87. The molecule has 3 heterocycles. The molecule has 3 rings (SSSR count). The molecule has 1 N–H and O–H groups in total. The molecule has 24 heavy (non-hydrogen) atoms. The molecular formula is C18H16N2O4. The van der Waals surface area contributed by atoms with Crippen molar-refractivity contribution in [1.82, 2.24) is 9.88 Å². The van der Waals surface area contributed by atoms with Crippen LogP contribution in [0.4, 0.5) is 0 Å². The van der Waals surface area contributed by atoms with E-state index in [9.17, 15) is 14.7 Å². The lowest BCUT2D eigenvalue weighted by atomic mass is 9.96. The van der Waals surface area contributed by atoms with Gasteiger partial charge in [0.05, 0.1) is 17.9 Å². The number of carbonyl (C=O) groups excluding carboxylic acids is 2. The fourth-order valence-electron chi connectivity index (χ4n) is 2.76. The zero-order valence-corrected chi connectivity index (χ0v) is 13.0. The van der Waals surface area contributed by atoms with Crippen LogP contribution in [-0.2, 0) is 9.59 Å². The molecule has 1 aliphatic heterocycles. The molecule has 1 unspecified atom stereocenters. The predicted molar refractivity (Wildman–Crippen MR) is 86.8 cm³/mol. The van der Waals surface area contributed by atoms with Crippen molar-refractivity contribution in [2.45, 2.75) is 13.0 Å². The molecule has 1 aliphatic rings. The molecule has 0 aliphatic carbocycles. The molecule has 0 saturated heterocycles. The lowest BCUT2D eigenvalue weighted by molar-refractivity contribution is -0.129. The third-order valence-corrected chi connectivity index (χ3v) is 3.87. The van der Waals surface area contributed by atoms with Crippen LogP contribution >= 0.6 is 0 Å². The molecule has 0 fully saturated rings. The van der Waals surface area contributed by atoms with Gasteiger partial charge in [-0.25, -0.2) is 0 Å². The number of amides is 1. The molecule has 6 heteroatoms. The minimum absolute atomic E-state index is 0.0656. The van der Waals surface area contributed by atoms with E-state index in [4.69, 9.17) is 4.42 Å². The highest BCUT2D eigenvalue weighted by Gasteiger charge is 2.41. The first kappa shape index (κ1) is 15.7. The van der Waals surface area contributed by atoms with E-state index in [0.717, 1.165) is 5.56 Å². The second-order valence-corrected chi connectivity index (χ2v) is 5.25. The molecule has 0 aromatic carbocycles. The number of aliphatic hydroxyl groups excluding tert-OH is 1. The number of likely N-dealkylation sites (N-methyl/N-ethyl adjacent to an activating group) is 1. The van der Waals surface area contributed by atoms with E-state index < -0.39 is 23.5 Å². The first-order valence-electron chi connectivity index (χ1n) is 7.53. The largest absolute Gasteiger partial charge is 0.503 e. The van der Waals surface area contributed by atoms with Crippen LogP contribution in [0.15, 0.2) is 64.7 Å². The molecule has 2 aromatic rings. The monoisotopic (exact) mass is 324 g/mol. The summed E-state index contributed by atoms with van der Waals surface area (Å²) in [6.07, 6.45) is 7.47. The number of hydrogen-bond acceptors (Lipinski definition) is 5. The number of rotatable bonds is 5. The number of pyridine rings is 1. The summed E-state index contributed by atoms with van der Waals surface area (Å²) in [5.41, 5.74) is 0.787. The summed E-state index contributed by atoms with van der Waals surface area (Å²) in [7, 11) is 0. The van der Waals surface area contributed by atoms with E-state index in [0.29, 0.717) is 12.3 Å². The van der Waals surface area contributed by atoms with Crippen LogP contribution in [0.5, 0.6) is 0 Å². The van der Waals surface area contributed by atoms with E-state index in [-0.39, 0.29) is 5.57 Å². The van der Waals surface area contributed by atoms with E-state index in [1.165, 1.54) is 23.3 Å². The van der Waals surface area contributed by atoms with E-state index in [1.807, 2.05) is 0 Å². The topological polar surface area (TPSA) is 83.6 Å². The Morgan fingerprint density at radius 1 is 1.38 bits per heavy atom. The van der Waals surface area contributed by atoms with Crippen LogP contribution in [0.25, 0.3) is 6.08 Å². The first-order chi connectivity index (χ1) is 11.6. The fraction of sp³-hybridized carbons (Fsp3) is 0.167. The van der Waals surface area contributed by atoms with Crippen molar-refractivity contribution in [3.8, 4) is 0 Å². The number of aliphatic hydroxyl groups is 1. The Labute approximate surface area is 138 Å². The fourth-order valence-corrected chi connectivity index (χ4v) is 2.76. The standard InChI is InChI=1S/C18H16N2O4/c1-2-20-16(12-7-9-19-10-8-12)15(17(22)18(20)23)14(21)6-5-13-4-3-11-24-13/h3-11,16,22H,2H2,1H3/b6-5+. The SMILES string of the molecule is CCN1C(=O)C(O)=C(C(=O)/C=C/c2ccco2)C1c1ccncc1. The van der Waals surface area contributed by atoms with Gasteiger partial charge < -0.3 is 14.4 Å². The van der Waals surface area contributed by atoms with Crippen molar-refractivity contribution >= 4 is 17.8 Å². The van der Waals surface area contributed by atoms with Gasteiger partial charge in [-0.2, -0.15) is 0 Å². The number of hydrogen-bond donors (Lipinski definition) is 1.